The minimum Gasteiger partial charge on any atom is -0.463 e. The number of unbranched alkanes of at least 4 members (excludes halogenated alkanes) is 3. The van der Waals surface area contributed by atoms with Crippen LogP contribution < -0.4 is 10.5 Å². The highest BCUT2D eigenvalue weighted by atomic mass is 16.5. The number of fused-ring (bicyclic) bond motifs is 1. The smallest absolute Gasteiger partial charge is 0.318 e. The molecule has 0 spiro atoms. The SMILES string of the molecule is C.CCCCOc1nc(N)c2c(n1)C(CCCCCN1CCOCC1)=C(C#N)C2. The summed E-state index contributed by atoms with van der Waals surface area (Å²) in [5.74, 6) is 0.437. The highest BCUT2D eigenvalue weighted by molar-refractivity contribution is 5.79. The number of nitrogens with two attached hydrogens (primary N) is 1. The van der Waals surface area contributed by atoms with Gasteiger partial charge in [0.1, 0.15) is 5.82 Å². The Balaban J connectivity index is 0.00000300. The standard InChI is InChI=1S/C21H31N5O2.CH4/c1-2-3-11-28-21-24-19-17(16(15-22)14-18(19)20(23)25-21)7-5-4-6-8-26-9-12-27-13-10-26;/h2-14H2,1H3,(H2,23,24,25);1H4. The Morgan fingerprint density at radius 1 is 1.17 bits per heavy atom. The average molecular weight is 402 g/mol. The third-order valence-electron chi connectivity index (χ3n) is 5.39. The van der Waals surface area contributed by atoms with Crippen molar-refractivity contribution in [2.24, 2.45) is 0 Å². The lowest BCUT2D eigenvalue weighted by atomic mass is 10.0. The normalized spacial score (nSPS) is 16.3. The number of hydrogen-bond acceptors (Lipinski definition) is 7. The fraction of sp³-hybridized carbons (Fsp3) is 0.682. The molecule has 2 N–H and O–H groups in total. The van der Waals surface area contributed by atoms with Gasteiger partial charge in [0.25, 0.3) is 0 Å². The minimum absolute atomic E-state index is 0. The second-order valence-corrected chi connectivity index (χ2v) is 7.43. The minimum atomic E-state index is 0. The molecule has 0 bridgehead atoms. The maximum absolute atomic E-state index is 9.57. The van der Waals surface area contributed by atoms with Crippen LogP contribution in [0.25, 0.3) is 5.57 Å². The van der Waals surface area contributed by atoms with Crippen LogP contribution in [0.15, 0.2) is 5.57 Å². The molecule has 1 aliphatic carbocycles. The Labute approximate surface area is 174 Å². The van der Waals surface area contributed by atoms with Gasteiger partial charge in [0.15, 0.2) is 0 Å². The van der Waals surface area contributed by atoms with Crippen LogP contribution in [0.2, 0.25) is 0 Å². The first kappa shape index (κ1) is 23.1. The van der Waals surface area contributed by atoms with Gasteiger partial charge in [-0.1, -0.05) is 27.2 Å². The summed E-state index contributed by atoms with van der Waals surface area (Å²) >= 11 is 0. The molecule has 3 rings (SSSR count). The van der Waals surface area contributed by atoms with Crippen LogP contribution >= 0.6 is 0 Å². The van der Waals surface area contributed by atoms with Gasteiger partial charge in [-0.05, 0) is 37.8 Å². The number of anilines is 1. The highest BCUT2D eigenvalue weighted by Crippen LogP contribution is 2.37. The van der Waals surface area contributed by atoms with Crippen molar-refractivity contribution in [2.45, 2.75) is 59.3 Å². The van der Waals surface area contributed by atoms with E-state index in [9.17, 15) is 5.26 Å². The van der Waals surface area contributed by atoms with Crippen LogP contribution in [0, 0.1) is 11.3 Å². The maximum Gasteiger partial charge on any atom is 0.318 e. The van der Waals surface area contributed by atoms with Crippen molar-refractivity contribution >= 4 is 11.4 Å². The molecule has 2 heterocycles. The number of hydrogen-bond donors (Lipinski definition) is 1. The Hall–Kier alpha value is -2.17. The molecule has 1 aromatic rings. The lowest BCUT2D eigenvalue weighted by molar-refractivity contribution is 0.0371. The molecule has 1 aromatic heterocycles. The first-order valence-corrected chi connectivity index (χ1v) is 10.4. The van der Waals surface area contributed by atoms with Crippen LogP contribution in [-0.4, -0.2) is 54.3 Å². The molecular weight excluding hydrogens is 366 g/mol. The first-order valence-electron chi connectivity index (χ1n) is 10.4. The van der Waals surface area contributed by atoms with E-state index in [0.29, 0.717) is 24.9 Å². The van der Waals surface area contributed by atoms with Gasteiger partial charge in [0.2, 0.25) is 0 Å². The second kappa shape index (κ2) is 11.7. The van der Waals surface area contributed by atoms with E-state index in [0.717, 1.165) is 87.4 Å². The van der Waals surface area contributed by atoms with Crippen LogP contribution in [0.4, 0.5) is 5.82 Å². The third kappa shape index (κ3) is 6.15. The van der Waals surface area contributed by atoms with Gasteiger partial charge >= 0.3 is 6.01 Å². The Kier molecular flexibility index (Phi) is 9.36. The van der Waals surface area contributed by atoms with E-state index in [1.807, 2.05) is 0 Å². The van der Waals surface area contributed by atoms with Gasteiger partial charge in [0, 0.05) is 30.6 Å². The van der Waals surface area contributed by atoms with E-state index in [-0.39, 0.29) is 7.43 Å². The molecule has 1 fully saturated rings. The molecule has 0 atom stereocenters. The molecule has 0 amide bonds. The van der Waals surface area contributed by atoms with E-state index in [1.54, 1.807) is 0 Å². The van der Waals surface area contributed by atoms with Gasteiger partial charge in [-0.25, -0.2) is 0 Å². The zero-order chi connectivity index (χ0) is 19.8. The summed E-state index contributed by atoms with van der Waals surface area (Å²) in [6.45, 7) is 7.58. The molecule has 1 aliphatic heterocycles. The van der Waals surface area contributed by atoms with Gasteiger partial charge < -0.3 is 15.2 Å². The molecule has 1 saturated heterocycles. The fourth-order valence-corrected chi connectivity index (χ4v) is 3.72. The topological polar surface area (TPSA) is 97.3 Å². The number of allylic oxidation sites excluding steroid dienone is 2. The van der Waals surface area contributed by atoms with Gasteiger partial charge in [-0.3, -0.25) is 4.90 Å². The van der Waals surface area contributed by atoms with E-state index < -0.39 is 0 Å². The van der Waals surface area contributed by atoms with Crippen molar-refractivity contribution in [3.05, 3.63) is 16.8 Å². The summed E-state index contributed by atoms with van der Waals surface area (Å²) in [5.41, 5.74) is 9.63. The number of nitriles is 1. The van der Waals surface area contributed by atoms with Crippen molar-refractivity contribution < 1.29 is 9.47 Å². The average Bonchev–Trinajstić information content (AvgIpc) is 3.07. The lowest BCUT2D eigenvalue weighted by Crippen LogP contribution is -2.36. The highest BCUT2D eigenvalue weighted by Gasteiger charge is 2.26. The van der Waals surface area contributed by atoms with Crippen LogP contribution in [0.5, 0.6) is 6.01 Å². The molecule has 0 aromatic carbocycles. The Morgan fingerprint density at radius 2 is 1.97 bits per heavy atom. The van der Waals surface area contributed by atoms with Crippen molar-refractivity contribution in [1.82, 2.24) is 14.9 Å². The molecule has 160 valence electrons. The van der Waals surface area contributed by atoms with Crippen molar-refractivity contribution in [2.75, 3.05) is 45.2 Å². The Bertz CT molecular complexity index is 735. The number of nitrogens with zero attached hydrogens (tertiary/aromatic N) is 4. The van der Waals surface area contributed by atoms with Crippen molar-refractivity contribution in [1.29, 1.82) is 5.26 Å². The predicted molar refractivity (Wildman–Crippen MR) is 116 cm³/mol. The summed E-state index contributed by atoms with van der Waals surface area (Å²) in [6, 6.07) is 2.67. The van der Waals surface area contributed by atoms with Crippen molar-refractivity contribution in [3.63, 3.8) is 0 Å². The molecule has 29 heavy (non-hydrogen) atoms. The summed E-state index contributed by atoms with van der Waals surface area (Å²) in [5, 5.41) is 9.57. The van der Waals surface area contributed by atoms with Crippen molar-refractivity contribution in [3.8, 4) is 12.1 Å². The van der Waals surface area contributed by atoms with E-state index in [2.05, 4.69) is 27.9 Å². The van der Waals surface area contributed by atoms with E-state index in [1.165, 1.54) is 6.42 Å². The van der Waals surface area contributed by atoms with Gasteiger partial charge in [0.05, 0.1) is 31.6 Å². The summed E-state index contributed by atoms with van der Waals surface area (Å²) in [4.78, 5) is 11.3. The Morgan fingerprint density at radius 3 is 2.69 bits per heavy atom. The number of ether oxygens (including phenoxy) is 2. The molecule has 0 unspecified atom stereocenters. The zero-order valence-electron chi connectivity index (χ0n) is 16.9. The number of morpholine rings is 1. The summed E-state index contributed by atoms with van der Waals surface area (Å²) in [7, 11) is 0. The van der Waals surface area contributed by atoms with Crippen LogP contribution in [-0.2, 0) is 11.2 Å². The second-order valence-electron chi connectivity index (χ2n) is 7.43. The van der Waals surface area contributed by atoms with Crippen LogP contribution in [0.1, 0.15) is 64.1 Å². The zero-order valence-corrected chi connectivity index (χ0v) is 16.9. The van der Waals surface area contributed by atoms with Gasteiger partial charge in [-0.2, -0.15) is 15.2 Å². The largest absolute Gasteiger partial charge is 0.463 e. The quantitative estimate of drug-likeness (QED) is 0.598. The number of rotatable bonds is 10. The fourth-order valence-electron chi connectivity index (χ4n) is 3.72. The monoisotopic (exact) mass is 401 g/mol. The summed E-state index contributed by atoms with van der Waals surface area (Å²) in [6.07, 6.45) is 6.74. The van der Waals surface area contributed by atoms with Gasteiger partial charge in [-0.15, -0.1) is 0 Å². The maximum atomic E-state index is 9.57. The lowest BCUT2D eigenvalue weighted by Gasteiger charge is -2.26. The predicted octanol–water partition coefficient (Wildman–Crippen LogP) is 3.60. The van der Waals surface area contributed by atoms with Crippen LogP contribution in [0.3, 0.4) is 0 Å². The molecule has 7 heteroatoms. The third-order valence-corrected chi connectivity index (χ3v) is 5.39. The molecular formula is C22H35N5O2. The van der Waals surface area contributed by atoms with E-state index in [4.69, 9.17) is 15.2 Å². The number of aromatic nitrogens is 2. The molecule has 0 saturated carbocycles. The number of nitrogen functional groups attached to an aromatic ring is 1. The van der Waals surface area contributed by atoms with E-state index >= 15 is 0 Å². The first-order chi connectivity index (χ1) is 13.7. The molecule has 7 nitrogen and oxygen atoms in total. The molecule has 2 aliphatic rings. The summed E-state index contributed by atoms with van der Waals surface area (Å²) < 4.78 is 11.0. The molecule has 0 radical (unpaired) electrons.